The fraction of sp³-hybridized carbons (Fsp3) is 0.368. The normalized spacial score (nSPS) is 17.1. The first-order chi connectivity index (χ1) is 12.3. The Hall–Kier alpha value is -2.75. The van der Waals surface area contributed by atoms with Crippen LogP contribution in [0.15, 0.2) is 48.8 Å². The summed E-state index contributed by atoms with van der Waals surface area (Å²) < 4.78 is 46.0. The second kappa shape index (κ2) is 8.09. The minimum absolute atomic E-state index is 0.174. The third kappa shape index (κ3) is 4.66. The van der Waals surface area contributed by atoms with Crippen LogP contribution in [-0.4, -0.2) is 12.3 Å². The number of allylic oxidation sites excluding steroid dienone is 3. The topological polar surface area (TPSA) is 59.3 Å². The molecule has 0 atom stereocenters. The molecular formula is C19H18F3NO3. The van der Waals surface area contributed by atoms with Gasteiger partial charge in [0.25, 0.3) is 0 Å². The number of benzene rings is 1. The van der Waals surface area contributed by atoms with Gasteiger partial charge in [0.15, 0.2) is 0 Å². The van der Waals surface area contributed by atoms with Crippen LogP contribution in [0.1, 0.15) is 37.7 Å². The van der Waals surface area contributed by atoms with Crippen molar-refractivity contribution in [2.24, 2.45) is 0 Å². The zero-order valence-corrected chi connectivity index (χ0v) is 14.0. The molecule has 1 aliphatic rings. The van der Waals surface area contributed by atoms with Gasteiger partial charge in [-0.15, -0.1) is 13.2 Å². The Morgan fingerprint density at radius 1 is 1.19 bits per heavy atom. The summed E-state index contributed by atoms with van der Waals surface area (Å²) in [5.74, 6) is -1.12. The number of esters is 1. The summed E-state index contributed by atoms with van der Waals surface area (Å²) in [4.78, 5) is 12.8. The van der Waals surface area contributed by atoms with E-state index in [1.807, 2.05) is 0 Å². The first-order valence-corrected chi connectivity index (χ1v) is 8.12. The maximum Gasteiger partial charge on any atom is 0.573 e. The molecule has 0 spiro atoms. The SMILES string of the molecule is C=CC=C(C#N)OC(=O)C1(c2ccc(OC(F)(F)F)cc2)CCCCC1. The van der Waals surface area contributed by atoms with Crippen LogP contribution in [0.25, 0.3) is 0 Å². The van der Waals surface area contributed by atoms with Crippen molar-refractivity contribution < 1.29 is 27.4 Å². The summed E-state index contributed by atoms with van der Waals surface area (Å²) in [7, 11) is 0. The van der Waals surface area contributed by atoms with E-state index in [4.69, 9.17) is 10.00 Å². The maximum absolute atomic E-state index is 12.8. The average Bonchev–Trinajstić information content (AvgIpc) is 2.61. The third-order valence-corrected chi connectivity index (χ3v) is 4.32. The fourth-order valence-corrected chi connectivity index (χ4v) is 3.14. The van der Waals surface area contributed by atoms with Crippen LogP contribution in [0.2, 0.25) is 0 Å². The van der Waals surface area contributed by atoms with E-state index in [1.165, 1.54) is 36.4 Å². The van der Waals surface area contributed by atoms with Crippen molar-refractivity contribution in [3.05, 3.63) is 54.3 Å². The lowest BCUT2D eigenvalue weighted by Gasteiger charge is -2.35. The molecule has 2 rings (SSSR count). The van der Waals surface area contributed by atoms with Gasteiger partial charge in [0, 0.05) is 0 Å². The number of carbonyl (C=O) groups is 1. The minimum Gasteiger partial charge on any atom is -0.414 e. The van der Waals surface area contributed by atoms with Crippen molar-refractivity contribution in [2.75, 3.05) is 0 Å². The zero-order chi connectivity index (χ0) is 19.2. The summed E-state index contributed by atoms with van der Waals surface area (Å²) >= 11 is 0. The van der Waals surface area contributed by atoms with Gasteiger partial charge in [0.1, 0.15) is 11.8 Å². The summed E-state index contributed by atoms with van der Waals surface area (Å²) in [6, 6.07) is 7.02. The van der Waals surface area contributed by atoms with Crippen molar-refractivity contribution in [1.29, 1.82) is 5.26 Å². The first kappa shape index (κ1) is 19.6. The van der Waals surface area contributed by atoms with E-state index >= 15 is 0 Å². The molecular weight excluding hydrogens is 347 g/mol. The molecule has 0 aliphatic heterocycles. The molecule has 138 valence electrons. The largest absolute Gasteiger partial charge is 0.573 e. The summed E-state index contributed by atoms with van der Waals surface area (Å²) in [5.41, 5.74) is -0.445. The lowest BCUT2D eigenvalue weighted by molar-refractivity contribution is -0.274. The molecule has 26 heavy (non-hydrogen) atoms. The van der Waals surface area contributed by atoms with Gasteiger partial charge < -0.3 is 9.47 Å². The van der Waals surface area contributed by atoms with Gasteiger partial charge >= 0.3 is 12.3 Å². The highest BCUT2D eigenvalue weighted by Crippen LogP contribution is 2.41. The maximum atomic E-state index is 12.8. The van der Waals surface area contributed by atoms with E-state index in [0.29, 0.717) is 18.4 Å². The van der Waals surface area contributed by atoms with Crippen LogP contribution in [0.5, 0.6) is 5.75 Å². The molecule has 1 aromatic rings. The van der Waals surface area contributed by atoms with Gasteiger partial charge in [-0.05, 0) is 36.6 Å². The van der Waals surface area contributed by atoms with E-state index < -0.39 is 17.7 Å². The molecule has 0 saturated heterocycles. The molecule has 0 aromatic heterocycles. The third-order valence-electron chi connectivity index (χ3n) is 4.32. The summed E-state index contributed by atoms with van der Waals surface area (Å²) in [6.07, 6.45) is 1.36. The van der Waals surface area contributed by atoms with Gasteiger partial charge in [-0.1, -0.05) is 44.1 Å². The van der Waals surface area contributed by atoms with Crippen molar-refractivity contribution >= 4 is 5.97 Å². The monoisotopic (exact) mass is 365 g/mol. The summed E-state index contributed by atoms with van der Waals surface area (Å²) in [5, 5.41) is 9.04. The average molecular weight is 365 g/mol. The second-order valence-electron chi connectivity index (χ2n) is 5.98. The van der Waals surface area contributed by atoms with E-state index in [0.717, 1.165) is 19.3 Å². The number of hydrogen-bond donors (Lipinski definition) is 0. The Kier molecular flexibility index (Phi) is 6.09. The van der Waals surface area contributed by atoms with Crippen molar-refractivity contribution in [3.8, 4) is 11.8 Å². The Morgan fingerprint density at radius 2 is 1.81 bits per heavy atom. The second-order valence-corrected chi connectivity index (χ2v) is 5.98. The molecule has 0 unspecified atom stereocenters. The van der Waals surface area contributed by atoms with Crippen LogP contribution in [-0.2, 0) is 14.9 Å². The van der Waals surface area contributed by atoms with E-state index in [9.17, 15) is 18.0 Å². The molecule has 1 aliphatic carbocycles. The van der Waals surface area contributed by atoms with Crippen molar-refractivity contribution in [3.63, 3.8) is 0 Å². The molecule has 0 radical (unpaired) electrons. The predicted octanol–water partition coefficient (Wildman–Crippen LogP) is 4.92. The van der Waals surface area contributed by atoms with Gasteiger partial charge in [0.2, 0.25) is 5.76 Å². The Morgan fingerprint density at radius 3 is 2.31 bits per heavy atom. The van der Waals surface area contributed by atoms with Crippen molar-refractivity contribution in [2.45, 2.75) is 43.9 Å². The number of carbonyl (C=O) groups excluding carboxylic acids is 1. The van der Waals surface area contributed by atoms with Gasteiger partial charge in [-0.2, -0.15) is 5.26 Å². The van der Waals surface area contributed by atoms with E-state index in [2.05, 4.69) is 11.3 Å². The van der Waals surface area contributed by atoms with Gasteiger partial charge in [-0.3, -0.25) is 4.79 Å². The fourth-order valence-electron chi connectivity index (χ4n) is 3.14. The standard InChI is InChI=1S/C19H18F3NO3/c1-2-6-16(13-23)25-17(24)18(11-4-3-5-12-18)14-7-9-15(10-8-14)26-19(20,21)22/h2,6-10H,1,3-5,11-12H2. The highest BCUT2D eigenvalue weighted by molar-refractivity contribution is 5.84. The molecule has 1 aromatic carbocycles. The van der Waals surface area contributed by atoms with Crippen molar-refractivity contribution in [1.82, 2.24) is 0 Å². The molecule has 0 N–H and O–H groups in total. The number of nitrogens with zero attached hydrogens (tertiary/aromatic N) is 1. The number of rotatable bonds is 5. The quantitative estimate of drug-likeness (QED) is 0.321. The number of ether oxygens (including phenoxy) is 2. The van der Waals surface area contributed by atoms with Crippen LogP contribution in [0, 0.1) is 11.3 Å². The molecule has 1 fully saturated rings. The zero-order valence-electron chi connectivity index (χ0n) is 14.0. The van der Waals surface area contributed by atoms with Crippen LogP contribution >= 0.6 is 0 Å². The van der Waals surface area contributed by atoms with E-state index in [1.54, 1.807) is 6.07 Å². The number of hydrogen-bond acceptors (Lipinski definition) is 4. The minimum atomic E-state index is -4.78. The van der Waals surface area contributed by atoms with E-state index in [-0.39, 0.29) is 11.5 Å². The lowest BCUT2D eigenvalue weighted by atomic mass is 9.69. The molecule has 0 bridgehead atoms. The lowest BCUT2D eigenvalue weighted by Crippen LogP contribution is -2.39. The summed E-state index contributed by atoms with van der Waals surface area (Å²) in [6.45, 7) is 3.46. The Balaban J connectivity index is 2.31. The number of alkyl halides is 3. The Labute approximate surface area is 149 Å². The molecule has 4 nitrogen and oxygen atoms in total. The number of halogens is 3. The van der Waals surface area contributed by atoms with Crippen LogP contribution < -0.4 is 4.74 Å². The van der Waals surface area contributed by atoms with Crippen LogP contribution in [0.3, 0.4) is 0 Å². The highest BCUT2D eigenvalue weighted by atomic mass is 19.4. The predicted molar refractivity (Wildman–Crippen MR) is 87.9 cm³/mol. The van der Waals surface area contributed by atoms with Gasteiger partial charge in [0.05, 0.1) is 5.41 Å². The number of nitriles is 1. The molecule has 1 saturated carbocycles. The molecule has 7 heteroatoms. The highest BCUT2D eigenvalue weighted by Gasteiger charge is 2.43. The molecule has 0 heterocycles. The first-order valence-electron chi connectivity index (χ1n) is 8.12. The molecule has 0 amide bonds. The van der Waals surface area contributed by atoms with Crippen LogP contribution in [0.4, 0.5) is 13.2 Å². The van der Waals surface area contributed by atoms with Gasteiger partial charge in [-0.25, -0.2) is 0 Å². The Bertz CT molecular complexity index is 724. The smallest absolute Gasteiger partial charge is 0.414 e.